The average Bonchev–Trinajstić information content (AvgIpc) is 3.39. The first-order valence-electron chi connectivity index (χ1n) is 10.4. The lowest BCUT2D eigenvalue weighted by Crippen LogP contribution is -2.26. The predicted molar refractivity (Wildman–Crippen MR) is 119 cm³/mol. The Morgan fingerprint density at radius 3 is 2.77 bits per heavy atom. The van der Waals surface area contributed by atoms with E-state index in [0.717, 1.165) is 24.5 Å². The molecule has 3 aromatic heterocycles. The third-order valence-corrected chi connectivity index (χ3v) is 5.90. The van der Waals surface area contributed by atoms with Gasteiger partial charge in [0.25, 0.3) is 5.91 Å². The smallest absolute Gasteiger partial charge is 0.293 e. The Hall–Kier alpha value is -3.20. The molecule has 0 bridgehead atoms. The lowest BCUT2D eigenvalue weighted by molar-refractivity contribution is -0.120. The van der Waals surface area contributed by atoms with Crippen molar-refractivity contribution in [2.75, 3.05) is 23.3 Å². The molecule has 9 heteroatoms. The maximum absolute atomic E-state index is 12.4. The van der Waals surface area contributed by atoms with Gasteiger partial charge in [0.15, 0.2) is 10.9 Å². The molecule has 0 unspecified atom stereocenters. The van der Waals surface area contributed by atoms with Gasteiger partial charge in [-0.3, -0.25) is 14.9 Å². The molecule has 4 heterocycles. The Bertz CT molecular complexity index is 1010. The number of carbonyl (C=O) groups is 2. The minimum absolute atomic E-state index is 0.123. The van der Waals surface area contributed by atoms with Crippen molar-refractivity contribution >= 4 is 34.1 Å². The molecule has 2 N–H and O–H groups in total. The minimum atomic E-state index is -0.367. The van der Waals surface area contributed by atoms with E-state index in [4.69, 9.17) is 4.42 Å². The normalized spacial score (nSPS) is 14.1. The first-order chi connectivity index (χ1) is 15.2. The van der Waals surface area contributed by atoms with Gasteiger partial charge in [0.05, 0.1) is 18.4 Å². The Kier molecular flexibility index (Phi) is 6.93. The van der Waals surface area contributed by atoms with E-state index in [0.29, 0.717) is 17.4 Å². The van der Waals surface area contributed by atoms with Gasteiger partial charge in [0.1, 0.15) is 5.82 Å². The van der Waals surface area contributed by atoms with Crippen molar-refractivity contribution in [3.8, 4) is 0 Å². The summed E-state index contributed by atoms with van der Waals surface area (Å²) in [5.41, 5.74) is 1.63. The highest BCUT2D eigenvalue weighted by Crippen LogP contribution is 2.19. The molecule has 1 aliphatic heterocycles. The summed E-state index contributed by atoms with van der Waals surface area (Å²) in [6.07, 6.45) is 8.33. The molecule has 1 saturated heterocycles. The quantitative estimate of drug-likeness (QED) is 0.583. The zero-order valence-electron chi connectivity index (χ0n) is 17.2. The second-order valence-electron chi connectivity index (χ2n) is 7.45. The molecular weight excluding hydrogens is 414 g/mol. The summed E-state index contributed by atoms with van der Waals surface area (Å²) < 4.78 is 5.06. The summed E-state index contributed by atoms with van der Waals surface area (Å²) in [6, 6.07) is 7.20. The van der Waals surface area contributed by atoms with E-state index in [9.17, 15) is 9.59 Å². The van der Waals surface area contributed by atoms with Crippen molar-refractivity contribution in [3.63, 3.8) is 0 Å². The van der Waals surface area contributed by atoms with Gasteiger partial charge >= 0.3 is 0 Å². The number of nitrogens with zero attached hydrogens (tertiary/aromatic N) is 3. The van der Waals surface area contributed by atoms with Gasteiger partial charge in [0.2, 0.25) is 5.91 Å². The largest absolute Gasteiger partial charge is 0.459 e. The van der Waals surface area contributed by atoms with Crippen LogP contribution in [0.3, 0.4) is 0 Å². The molecule has 0 aliphatic carbocycles. The van der Waals surface area contributed by atoms with Gasteiger partial charge in [-0.1, -0.05) is 12.8 Å². The molecule has 0 saturated carbocycles. The summed E-state index contributed by atoms with van der Waals surface area (Å²) in [7, 11) is 0. The molecule has 0 spiro atoms. The van der Waals surface area contributed by atoms with E-state index in [2.05, 4.69) is 31.6 Å². The number of pyridine rings is 1. The summed E-state index contributed by atoms with van der Waals surface area (Å²) in [4.78, 5) is 35.5. The molecule has 3 aromatic rings. The maximum Gasteiger partial charge on any atom is 0.293 e. The fourth-order valence-corrected chi connectivity index (χ4v) is 4.19. The highest BCUT2D eigenvalue weighted by Gasteiger charge is 2.14. The van der Waals surface area contributed by atoms with E-state index in [1.165, 1.54) is 43.3 Å². The van der Waals surface area contributed by atoms with Crippen LogP contribution in [0.2, 0.25) is 0 Å². The number of carbonyl (C=O) groups excluding carboxylic acids is 2. The van der Waals surface area contributed by atoms with Gasteiger partial charge in [-0.05, 0) is 42.7 Å². The van der Waals surface area contributed by atoms with Crippen molar-refractivity contribution in [1.29, 1.82) is 0 Å². The van der Waals surface area contributed by atoms with Gasteiger partial charge < -0.3 is 14.6 Å². The van der Waals surface area contributed by atoms with Gasteiger partial charge in [-0.15, -0.1) is 11.3 Å². The van der Waals surface area contributed by atoms with Crippen LogP contribution in [-0.2, 0) is 17.8 Å². The number of amides is 2. The number of thiazole rings is 1. The van der Waals surface area contributed by atoms with E-state index in [-0.39, 0.29) is 24.0 Å². The number of aromatic nitrogens is 2. The van der Waals surface area contributed by atoms with Crippen molar-refractivity contribution < 1.29 is 14.0 Å². The predicted octanol–water partition coefficient (Wildman–Crippen LogP) is 3.62. The number of anilines is 2. The minimum Gasteiger partial charge on any atom is -0.459 e. The molecule has 4 rings (SSSR count). The van der Waals surface area contributed by atoms with E-state index < -0.39 is 0 Å². The van der Waals surface area contributed by atoms with Gasteiger partial charge in [0, 0.05) is 31.2 Å². The monoisotopic (exact) mass is 439 g/mol. The lowest BCUT2D eigenvalue weighted by Gasteiger charge is -2.21. The molecule has 2 amide bonds. The Balaban J connectivity index is 1.27. The van der Waals surface area contributed by atoms with Gasteiger partial charge in [-0.25, -0.2) is 9.97 Å². The molecule has 31 heavy (non-hydrogen) atoms. The molecule has 8 nitrogen and oxygen atoms in total. The molecule has 0 atom stereocenters. The van der Waals surface area contributed by atoms with Crippen LogP contribution in [0.1, 0.15) is 47.5 Å². The molecule has 162 valence electrons. The van der Waals surface area contributed by atoms with Crippen LogP contribution in [0.4, 0.5) is 10.9 Å². The fraction of sp³-hybridized carbons (Fsp3) is 0.364. The lowest BCUT2D eigenvalue weighted by atomic mass is 10.2. The Labute approximate surface area is 184 Å². The van der Waals surface area contributed by atoms with E-state index in [1.807, 2.05) is 6.07 Å². The van der Waals surface area contributed by atoms with Crippen molar-refractivity contribution in [1.82, 2.24) is 15.3 Å². The van der Waals surface area contributed by atoms with Crippen LogP contribution in [0.5, 0.6) is 0 Å². The highest BCUT2D eigenvalue weighted by molar-refractivity contribution is 7.14. The molecular formula is C22H25N5O3S. The zero-order chi connectivity index (χ0) is 21.5. The Morgan fingerprint density at radius 2 is 2.00 bits per heavy atom. The van der Waals surface area contributed by atoms with Crippen molar-refractivity contribution in [3.05, 3.63) is 59.1 Å². The fourth-order valence-electron chi connectivity index (χ4n) is 3.48. The first kappa shape index (κ1) is 21.0. The first-order valence-corrected chi connectivity index (χ1v) is 11.3. The third-order valence-electron chi connectivity index (χ3n) is 5.09. The SMILES string of the molecule is O=C(Cc1csc(NC(=O)c2ccco2)n1)NCc1ccnc(N2CCCCCC2)c1. The third kappa shape index (κ3) is 5.91. The Morgan fingerprint density at radius 1 is 1.16 bits per heavy atom. The van der Waals surface area contributed by atoms with Crippen LogP contribution in [-0.4, -0.2) is 34.9 Å². The molecule has 1 aliphatic rings. The summed E-state index contributed by atoms with van der Waals surface area (Å²) >= 11 is 1.27. The van der Waals surface area contributed by atoms with Crippen LogP contribution < -0.4 is 15.5 Å². The zero-order valence-corrected chi connectivity index (χ0v) is 18.0. The maximum atomic E-state index is 12.4. The molecule has 0 radical (unpaired) electrons. The molecule has 0 aromatic carbocycles. The number of nitrogens with one attached hydrogen (secondary N) is 2. The van der Waals surface area contributed by atoms with Crippen LogP contribution in [0.25, 0.3) is 0 Å². The second-order valence-corrected chi connectivity index (χ2v) is 8.31. The number of furan rings is 1. The topological polar surface area (TPSA) is 100 Å². The van der Waals surface area contributed by atoms with E-state index >= 15 is 0 Å². The van der Waals surface area contributed by atoms with E-state index in [1.54, 1.807) is 23.7 Å². The van der Waals surface area contributed by atoms with Crippen molar-refractivity contribution in [2.45, 2.75) is 38.6 Å². The molecule has 1 fully saturated rings. The highest BCUT2D eigenvalue weighted by atomic mass is 32.1. The van der Waals surface area contributed by atoms with Crippen LogP contribution >= 0.6 is 11.3 Å². The number of rotatable bonds is 7. The van der Waals surface area contributed by atoms with Crippen LogP contribution in [0, 0.1) is 0 Å². The number of hydrogen-bond acceptors (Lipinski definition) is 7. The summed E-state index contributed by atoms with van der Waals surface area (Å²) in [5, 5.41) is 7.80. The average molecular weight is 440 g/mol. The second kappa shape index (κ2) is 10.2. The number of hydrogen-bond donors (Lipinski definition) is 2. The van der Waals surface area contributed by atoms with Crippen molar-refractivity contribution in [2.24, 2.45) is 0 Å². The van der Waals surface area contributed by atoms with Crippen LogP contribution in [0.15, 0.2) is 46.5 Å². The van der Waals surface area contributed by atoms with Gasteiger partial charge in [-0.2, -0.15) is 0 Å². The summed E-state index contributed by atoms with van der Waals surface area (Å²) in [6.45, 7) is 2.51. The summed E-state index contributed by atoms with van der Waals surface area (Å²) in [5.74, 6) is 0.701. The standard InChI is InChI=1S/C22H25N5O3S/c28-20(13-17-15-31-22(25-17)26-21(29)18-6-5-11-30-18)24-14-16-7-8-23-19(12-16)27-9-3-1-2-4-10-27/h5-8,11-12,15H,1-4,9-10,13-14H2,(H,24,28)(H,25,26,29).